The molecule has 26 heavy (non-hydrogen) atoms. The number of hydrogen-bond acceptors (Lipinski definition) is 5. The van der Waals surface area contributed by atoms with Crippen molar-refractivity contribution < 1.29 is 14.3 Å². The van der Waals surface area contributed by atoms with Gasteiger partial charge >= 0.3 is 0 Å². The molecule has 0 saturated carbocycles. The van der Waals surface area contributed by atoms with E-state index in [0.717, 1.165) is 29.9 Å². The summed E-state index contributed by atoms with van der Waals surface area (Å²) in [6.45, 7) is 1.72. The van der Waals surface area contributed by atoms with Gasteiger partial charge in [0.05, 0.1) is 15.2 Å². The normalized spacial score (nSPS) is 19.1. The fourth-order valence-electron chi connectivity index (χ4n) is 3.64. The van der Waals surface area contributed by atoms with Gasteiger partial charge in [-0.2, -0.15) is 0 Å². The minimum atomic E-state index is 0.0501. The number of piperidine rings is 1. The summed E-state index contributed by atoms with van der Waals surface area (Å²) < 4.78 is 11.9. The Hall–Kier alpha value is -2.60. The van der Waals surface area contributed by atoms with Crippen LogP contribution in [-0.2, 0) is 0 Å². The summed E-state index contributed by atoms with van der Waals surface area (Å²) in [5.74, 6) is 1.70. The maximum atomic E-state index is 13.0. The van der Waals surface area contributed by atoms with Crippen molar-refractivity contribution in [2.24, 2.45) is 0 Å². The van der Waals surface area contributed by atoms with Gasteiger partial charge in [0, 0.05) is 24.6 Å². The molecule has 5 nitrogen and oxygen atoms in total. The Morgan fingerprint density at radius 1 is 1.15 bits per heavy atom. The van der Waals surface area contributed by atoms with Crippen LogP contribution in [0.5, 0.6) is 11.5 Å². The van der Waals surface area contributed by atoms with Crippen molar-refractivity contribution in [3.63, 3.8) is 0 Å². The molecule has 0 N–H and O–H groups in total. The molecule has 0 aliphatic carbocycles. The summed E-state index contributed by atoms with van der Waals surface area (Å²) in [7, 11) is 0. The van der Waals surface area contributed by atoms with E-state index in [1.165, 1.54) is 4.70 Å². The van der Waals surface area contributed by atoms with Crippen molar-refractivity contribution in [2.45, 2.75) is 18.8 Å². The van der Waals surface area contributed by atoms with Crippen LogP contribution in [0.3, 0.4) is 0 Å². The molecule has 1 saturated heterocycles. The Morgan fingerprint density at radius 2 is 2.04 bits per heavy atom. The van der Waals surface area contributed by atoms with Crippen LogP contribution in [0.4, 0.5) is 0 Å². The van der Waals surface area contributed by atoms with Gasteiger partial charge in [-0.15, -0.1) is 11.3 Å². The van der Waals surface area contributed by atoms with Crippen LogP contribution in [-0.4, -0.2) is 35.7 Å². The first-order valence-corrected chi connectivity index (χ1v) is 9.64. The molecule has 1 fully saturated rings. The molecule has 0 spiro atoms. The zero-order chi connectivity index (χ0) is 17.5. The Labute approximate surface area is 155 Å². The summed E-state index contributed by atoms with van der Waals surface area (Å²) >= 11 is 1.74. The molecule has 6 heteroatoms. The van der Waals surface area contributed by atoms with Crippen molar-refractivity contribution >= 4 is 27.5 Å². The number of rotatable bonds is 2. The summed E-state index contributed by atoms with van der Waals surface area (Å²) in [6, 6.07) is 13.6. The van der Waals surface area contributed by atoms with Gasteiger partial charge in [0.15, 0.2) is 11.5 Å². The van der Waals surface area contributed by atoms with Crippen LogP contribution < -0.4 is 9.47 Å². The molecule has 0 unspecified atom stereocenters. The third kappa shape index (κ3) is 2.70. The van der Waals surface area contributed by atoms with E-state index in [2.05, 4.69) is 6.07 Å². The van der Waals surface area contributed by atoms with Crippen molar-refractivity contribution in [2.75, 3.05) is 19.9 Å². The number of aromatic nitrogens is 1. The molecule has 2 aliphatic rings. The second kappa shape index (κ2) is 6.29. The van der Waals surface area contributed by atoms with Crippen LogP contribution in [0.25, 0.3) is 10.2 Å². The van der Waals surface area contributed by atoms with E-state index in [1.807, 2.05) is 35.2 Å². The molecule has 1 atom stereocenters. The van der Waals surface area contributed by atoms with Crippen LogP contribution in [0.15, 0.2) is 42.5 Å². The number of benzene rings is 2. The quantitative estimate of drug-likeness (QED) is 0.687. The SMILES string of the molecule is O=C(c1ccc2c(c1)OCO2)N1CCC[C@H](c2nc3ccccc3s2)C1. The number of ether oxygens (including phenoxy) is 2. The molecule has 0 radical (unpaired) electrons. The molecule has 2 aromatic carbocycles. The minimum absolute atomic E-state index is 0.0501. The summed E-state index contributed by atoms with van der Waals surface area (Å²) in [6.07, 6.45) is 2.07. The number of carbonyl (C=O) groups excluding carboxylic acids is 1. The Kier molecular flexibility index (Phi) is 3.78. The van der Waals surface area contributed by atoms with Crippen molar-refractivity contribution in [3.05, 3.63) is 53.0 Å². The van der Waals surface area contributed by atoms with Crippen LogP contribution in [0, 0.1) is 0 Å². The molecule has 3 heterocycles. The Bertz CT molecular complexity index is 951. The maximum Gasteiger partial charge on any atom is 0.254 e. The molecule has 0 bridgehead atoms. The van der Waals surface area contributed by atoms with Gasteiger partial charge in [-0.1, -0.05) is 12.1 Å². The lowest BCUT2D eigenvalue weighted by Crippen LogP contribution is -2.39. The van der Waals surface area contributed by atoms with E-state index in [9.17, 15) is 4.79 Å². The van der Waals surface area contributed by atoms with Crippen molar-refractivity contribution in [1.29, 1.82) is 0 Å². The third-order valence-corrected chi connectivity index (χ3v) is 6.19. The fraction of sp³-hybridized carbons (Fsp3) is 0.300. The fourth-order valence-corrected chi connectivity index (χ4v) is 4.73. The Balaban J connectivity index is 1.37. The highest BCUT2D eigenvalue weighted by atomic mass is 32.1. The topological polar surface area (TPSA) is 51.7 Å². The number of likely N-dealkylation sites (tertiary alicyclic amines) is 1. The van der Waals surface area contributed by atoms with Gasteiger partial charge in [0.25, 0.3) is 5.91 Å². The number of nitrogens with zero attached hydrogens (tertiary/aromatic N) is 2. The monoisotopic (exact) mass is 366 g/mol. The maximum absolute atomic E-state index is 13.0. The average molecular weight is 366 g/mol. The third-order valence-electron chi connectivity index (χ3n) is 4.99. The number of hydrogen-bond donors (Lipinski definition) is 0. The van der Waals surface area contributed by atoms with E-state index < -0.39 is 0 Å². The first-order chi connectivity index (χ1) is 12.8. The average Bonchev–Trinajstić information content (AvgIpc) is 3.33. The molecule has 132 valence electrons. The second-order valence-electron chi connectivity index (χ2n) is 6.68. The zero-order valence-corrected chi connectivity index (χ0v) is 15.0. The van der Waals surface area contributed by atoms with E-state index in [-0.39, 0.29) is 12.7 Å². The second-order valence-corrected chi connectivity index (χ2v) is 7.74. The number of carbonyl (C=O) groups is 1. The van der Waals surface area contributed by atoms with Gasteiger partial charge in [-0.3, -0.25) is 4.79 Å². The van der Waals surface area contributed by atoms with Gasteiger partial charge in [-0.25, -0.2) is 4.98 Å². The van der Waals surface area contributed by atoms with E-state index >= 15 is 0 Å². The largest absolute Gasteiger partial charge is 0.454 e. The number of para-hydroxylation sites is 1. The van der Waals surface area contributed by atoms with Gasteiger partial charge < -0.3 is 14.4 Å². The lowest BCUT2D eigenvalue weighted by atomic mass is 9.98. The minimum Gasteiger partial charge on any atom is -0.454 e. The van der Waals surface area contributed by atoms with E-state index in [4.69, 9.17) is 14.5 Å². The predicted octanol–water partition coefficient (Wildman–Crippen LogP) is 4.04. The molecule has 1 amide bonds. The van der Waals surface area contributed by atoms with E-state index in [0.29, 0.717) is 29.5 Å². The molecule has 1 aromatic heterocycles. The molecule has 5 rings (SSSR count). The summed E-state index contributed by atoms with van der Waals surface area (Å²) in [4.78, 5) is 19.7. The Morgan fingerprint density at radius 3 is 2.96 bits per heavy atom. The standard InChI is InChI=1S/C20H18N2O3S/c23-20(13-7-8-16-17(10-13)25-12-24-16)22-9-3-4-14(11-22)19-21-15-5-1-2-6-18(15)26-19/h1-2,5-8,10,14H,3-4,9,11-12H2/t14-/m0/s1. The van der Waals surface area contributed by atoms with Gasteiger partial charge in [0.2, 0.25) is 6.79 Å². The molecule has 3 aromatic rings. The highest BCUT2D eigenvalue weighted by molar-refractivity contribution is 7.18. The van der Waals surface area contributed by atoms with Crippen LogP contribution in [0.1, 0.15) is 34.1 Å². The lowest BCUT2D eigenvalue weighted by Gasteiger charge is -2.32. The van der Waals surface area contributed by atoms with Gasteiger partial charge in [-0.05, 0) is 43.2 Å². The molecular weight excluding hydrogens is 348 g/mol. The summed E-state index contributed by atoms with van der Waals surface area (Å²) in [5, 5.41) is 1.13. The van der Waals surface area contributed by atoms with Crippen LogP contribution >= 0.6 is 11.3 Å². The summed E-state index contributed by atoms with van der Waals surface area (Å²) in [5.41, 5.74) is 1.70. The number of thiazole rings is 1. The molecular formula is C20H18N2O3S. The number of fused-ring (bicyclic) bond motifs is 2. The highest BCUT2D eigenvalue weighted by Gasteiger charge is 2.28. The zero-order valence-electron chi connectivity index (χ0n) is 14.2. The van der Waals surface area contributed by atoms with Gasteiger partial charge in [0.1, 0.15) is 0 Å². The van der Waals surface area contributed by atoms with Crippen molar-refractivity contribution in [1.82, 2.24) is 9.88 Å². The first-order valence-electron chi connectivity index (χ1n) is 8.82. The number of amides is 1. The van der Waals surface area contributed by atoms with Crippen LogP contribution in [0.2, 0.25) is 0 Å². The highest BCUT2D eigenvalue weighted by Crippen LogP contribution is 2.35. The predicted molar refractivity (Wildman–Crippen MR) is 100 cm³/mol. The molecule has 2 aliphatic heterocycles. The smallest absolute Gasteiger partial charge is 0.254 e. The first kappa shape index (κ1) is 15.6. The van der Waals surface area contributed by atoms with E-state index in [1.54, 1.807) is 17.4 Å². The lowest BCUT2D eigenvalue weighted by molar-refractivity contribution is 0.0706. The van der Waals surface area contributed by atoms with Crippen molar-refractivity contribution in [3.8, 4) is 11.5 Å².